The van der Waals surface area contributed by atoms with Gasteiger partial charge in [-0.05, 0) is 24.5 Å². The van der Waals surface area contributed by atoms with E-state index in [1.807, 2.05) is 0 Å². The van der Waals surface area contributed by atoms with E-state index < -0.39 is 10.0 Å². The van der Waals surface area contributed by atoms with Crippen molar-refractivity contribution in [3.05, 3.63) is 28.2 Å². The molecule has 142 valence electrons. The molecule has 1 aromatic carbocycles. The van der Waals surface area contributed by atoms with Crippen LogP contribution in [0.15, 0.2) is 18.2 Å². The summed E-state index contributed by atoms with van der Waals surface area (Å²) in [4.78, 5) is 12.3. The molecule has 1 atom stereocenters. The number of anilines is 1. The van der Waals surface area contributed by atoms with Gasteiger partial charge in [-0.3, -0.25) is 9.10 Å². The minimum absolute atomic E-state index is 0.108. The number of unbranched alkanes of at least 4 members (excludes halogenated alkanes) is 1. The molecule has 1 aromatic rings. The molecule has 1 amide bonds. The molecule has 1 rings (SSSR count). The van der Waals surface area contributed by atoms with Crippen molar-refractivity contribution < 1.29 is 13.2 Å². The molecule has 0 fully saturated rings. The Balaban J connectivity index is 2.83. The van der Waals surface area contributed by atoms with Gasteiger partial charge in [-0.1, -0.05) is 62.4 Å². The van der Waals surface area contributed by atoms with Gasteiger partial charge in [-0.15, -0.1) is 0 Å². The highest BCUT2D eigenvalue weighted by atomic mass is 35.5. The molecular weight excluding hydrogens is 383 g/mol. The van der Waals surface area contributed by atoms with Crippen molar-refractivity contribution in [3.8, 4) is 0 Å². The van der Waals surface area contributed by atoms with Gasteiger partial charge in [0.25, 0.3) is 0 Å². The number of sulfonamides is 1. The lowest BCUT2D eigenvalue weighted by Gasteiger charge is -2.24. The van der Waals surface area contributed by atoms with Gasteiger partial charge < -0.3 is 5.32 Å². The molecular formula is C17H26Cl2N2O3S. The number of nitrogens with zero attached hydrogens (tertiary/aromatic N) is 1. The Labute approximate surface area is 160 Å². The molecule has 25 heavy (non-hydrogen) atoms. The molecule has 0 unspecified atom stereocenters. The average Bonchev–Trinajstić information content (AvgIpc) is 2.55. The number of hydrogen-bond acceptors (Lipinski definition) is 3. The first-order chi connectivity index (χ1) is 11.7. The third kappa shape index (κ3) is 7.04. The zero-order valence-electron chi connectivity index (χ0n) is 14.9. The highest BCUT2D eigenvalue weighted by Gasteiger charge is 2.24. The van der Waals surface area contributed by atoms with Gasteiger partial charge in [-0.25, -0.2) is 8.42 Å². The third-order valence-corrected chi connectivity index (χ3v) is 5.95. The van der Waals surface area contributed by atoms with E-state index in [1.165, 1.54) is 6.07 Å². The number of rotatable bonds is 10. The number of halogens is 2. The van der Waals surface area contributed by atoms with Crippen molar-refractivity contribution in [2.45, 2.75) is 39.5 Å². The second kappa shape index (κ2) is 10.2. The first-order valence-electron chi connectivity index (χ1n) is 8.39. The first kappa shape index (κ1) is 22.1. The summed E-state index contributed by atoms with van der Waals surface area (Å²) in [6.07, 6.45) is 5.27. The highest BCUT2D eigenvalue weighted by Crippen LogP contribution is 2.33. The Bertz CT molecular complexity index is 680. The molecule has 0 aromatic heterocycles. The Morgan fingerprint density at radius 2 is 1.96 bits per heavy atom. The second-order valence-corrected chi connectivity index (χ2v) is 8.76. The smallest absolute Gasteiger partial charge is 0.240 e. The molecule has 0 saturated carbocycles. The van der Waals surface area contributed by atoms with Crippen molar-refractivity contribution in [1.29, 1.82) is 0 Å². The summed E-state index contributed by atoms with van der Waals surface area (Å²) in [5, 5.41) is 3.17. The minimum atomic E-state index is -3.68. The molecule has 0 aliphatic carbocycles. The predicted octanol–water partition coefficient (Wildman–Crippen LogP) is 4.09. The highest BCUT2D eigenvalue weighted by molar-refractivity contribution is 7.92. The molecule has 8 heteroatoms. The number of hydrogen-bond donors (Lipinski definition) is 1. The van der Waals surface area contributed by atoms with Crippen LogP contribution in [0.3, 0.4) is 0 Å². The van der Waals surface area contributed by atoms with Crippen LogP contribution in [-0.4, -0.2) is 33.7 Å². The topological polar surface area (TPSA) is 66.5 Å². The number of carbonyl (C=O) groups excluding carboxylic acids is 1. The number of carbonyl (C=O) groups is 1. The van der Waals surface area contributed by atoms with Crippen LogP contribution in [0.2, 0.25) is 10.0 Å². The van der Waals surface area contributed by atoms with Crippen molar-refractivity contribution in [2.24, 2.45) is 5.92 Å². The van der Waals surface area contributed by atoms with Crippen LogP contribution in [0.1, 0.15) is 39.5 Å². The van der Waals surface area contributed by atoms with E-state index in [0.717, 1.165) is 36.2 Å². The van der Waals surface area contributed by atoms with Crippen LogP contribution in [-0.2, 0) is 14.8 Å². The fourth-order valence-electron chi connectivity index (χ4n) is 2.45. The molecule has 5 nitrogen and oxygen atoms in total. The Kier molecular flexibility index (Phi) is 9.03. The Hall–Kier alpha value is -0.980. The van der Waals surface area contributed by atoms with E-state index in [1.54, 1.807) is 12.1 Å². The van der Waals surface area contributed by atoms with Gasteiger partial charge in [0.05, 0.1) is 22.0 Å². The average molecular weight is 409 g/mol. The molecule has 0 heterocycles. The van der Waals surface area contributed by atoms with Crippen molar-refractivity contribution in [3.63, 3.8) is 0 Å². The summed E-state index contributed by atoms with van der Waals surface area (Å²) in [5.41, 5.74) is 0.199. The monoisotopic (exact) mass is 408 g/mol. The van der Waals surface area contributed by atoms with Crippen LogP contribution in [0.25, 0.3) is 0 Å². The molecule has 0 radical (unpaired) electrons. The predicted molar refractivity (Wildman–Crippen MR) is 105 cm³/mol. The molecule has 0 spiro atoms. The molecule has 0 saturated heterocycles. The lowest BCUT2D eigenvalue weighted by molar-refractivity contribution is -0.119. The van der Waals surface area contributed by atoms with E-state index in [4.69, 9.17) is 23.2 Å². The lowest BCUT2D eigenvalue weighted by atomic mass is 9.99. The van der Waals surface area contributed by atoms with Gasteiger partial charge in [0, 0.05) is 6.54 Å². The van der Waals surface area contributed by atoms with Crippen molar-refractivity contribution in [2.75, 3.05) is 23.7 Å². The molecule has 1 N–H and O–H groups in total. The molecule has 0 bridgehead atoms. The zero-order valence-corrected chi connectivity index (χ0v) is 17.2. The van der Waals surface area contributed by atoms with Crippen molar-refractivity contribution >= 4 is 44.8 Å². The Morgan fingerprint density at radius 3 is 2.52 bits per heavy atom. The number of nitrogens with one attached hydrogen (secondary N) is 1. The summed E-state index contributed by atoms with van der Waals surface area (Å²) in [5.74, 6) is 0.0294. The summed E-state index contributed by atoms with van der Waals surface area (Å²) in [6.45, 7) is 4.42. The quantitative estimate of drug-likeness (QED) is 0.633. The van der Waals surface area contributed by atoms with Gasteiger partial charge in [-0.2, -0.15) is 0 Å². The number of amides is 1. The van der Waals surface area contributed by atoms with Gasteiger partial charge in [0.1, 0.15) is 6.54 Å². The van der Waals surface area contributed by atoms with Crippen LogP contribution in [0, 0.1) is 5.92 Å². The summed E-state index contributed by atoms with van der Waals surface area (Å²) in [6, 6.07) is 4.68. The van der Waals surface area contributed by atoms with Crippen LogP contribution in [0.4, 0.5) is 5.69 Å². The Morgan fingerprint density at radius 1 is 1.28 bits per heavy atom. The van der Waals surface area contributed by atoms with Gasteiger partial charge in [0.2, 0.25) is 15.9 Å². The minimum Gasteiger partial charge on any atom is -0.354 e. The maximum absolute atomic E-state index is 12.3. The summed E-state index contributed by atoms with van der Waals surface area (Å²) < 4.78 is 25.2. The largest absolute Gasteiger partial charge is 0.354 e. The fourth-order valence-corrected chi connectivity index (χ4v) is 3.76. The van der Waals surface area contributed by atoms with E-state index in [9.17, 15) is 13.2 Å². The van der Waals surface area contributed by atoms with E-state index in [2.05, 4.69) is 19.2 Å². The summed E-state index contributed by atoms with van der Waals surface area (Å²) in [7, 11) is -3.68. The normalized spacial score (nSPS) is 12.7. The zero-order chi connectivity index (χ0) is 19.0. The maximum atomic E-state index is 12.3. The van der Waals surface area contributed by atoms with E-state index in [-0.39, 0.29) is 28.2 Å². The second-order valence-electron chi connectivity index (χ2n) is 6.06. The maximum Gasteiger partial charge on any atom is 0.240 e. The van der Waals surface area contributed by atoms with Gasteiger partial charge in [0.15, 0.2) is 0 Å². The number of benzene rings is 1. The van der Waals surface area contributed by atoms with E-state index >= 15 is 0 Å². The van der Waals surface area contributed by atoms with Crippen molar-refractivity contribution in [1.82, 2.24) is 5.32 Å². The third-order valence-electron chi connectivity index (χ3n) is 4.02. The lowest BCUT2D eigenvalue weighted by Crippen LogP contribution is -2.41. The first-order valence-corrected chi connectivity index (χ1v) is 11.0. The summed E-state index contributed by atoms with van der Waals surface area (Å²) >= 11 is 12.1. The van der Waals surface area contributed by atoms with Crippen LogP contribution in [0.5, 0.6) is 0 Å². The fraction of sp³-hybridized carbons (Fsp3) is 0.588. The van der Waals surface area contributed by atoms with Crippen LogP contribution < -0.4 is 9.62 Å². The van der Waals surface area contributed by atoms with Gasteiger partial charge >= 0.3 is 0 Å². The molecule has 0 aliphatic heterocycles. The van der Waals surface area contributed by atoms with E-state index in [0.29, 0.717) is 12.5 Å². The SMILES string of the molecule is CCCC[C@@H](CC)CNC(=O)CN(c1cccc(Cl)c1Cl)S(C)(=O)=O. The standard InChI is InChI=1S/C17H26Cl2N2O3S/c1-4-6-8-13(5-2)11-20-16(22)12-21(25(3,23)24)15-10-7-9-14(18)17(15)19/h7,9-10,13H,4-6,8,11-12H2,1-3H3,(H,20,22)/t13-/m1/s1. The van der Waals surface area contributed by atoms with Crippen LogP contribution >= 0.6 is 23.2 Å². The molecule has 0 aliphatic rings.